The lowest BCUT2D eigenvalue weighted by Crippen LogP contribution is -2.26. The molecule has 0 amide bonds. The highest BCUT2D eigenvalue weighted by Crippen LogP contribution is 2.45. The van der Waals surface area contributed by atoms with E-state index in [0.717, 1.165) is 43.5 Å². The summed E-state index contributed by atoms with van der Waals surface area (Å²) in [6, 6.07) is 20.2. The zero-order chi connectivity index (χ0) is 20.7. The molecule has 1 aliphatic carbocycles. The molecule has 3 aromatic rings. The van der Waals surface area contributed by atoms with Crippen LogP contribution in [0.25, 0.3) is 0 Å². The summed E-state index contributed by atoms with van der Waals surface area (Å²) in [5.74, 6) is 1.17. The number of fused-ring (bicyclic) bond motifs is 1. The van der Waals surface area contributed by atoms with Crippen molar-refractivity contribution in [3.8, 4) is 5.75 Å². The van der Waals surface area contributed by atoms with Gasteiger partial charge in [-0.3, -0.25) is 4.79 Å². The van der Waals surface area contributed by atoms with Crippen LogP contribution in [0.1, 0.15) is 35.2 Å². The molecule has 2 N–H and O–H groups in total. The van der Waals surface area contributed by atoms with Gasteiger partial charge in [-0.2, -0.15) is 0 Å². The summed E-state index contributed by atoms with van der Waals surface area (Å²) in [7, 11) is 1.67. The molecule has 30 heavy (non-hydrogen) atoms. The molecular formula is C24H21BrN2O2S. The monoisotopic (exact) mass is 480 g/mol. The Bertz CT molecular complexity index is 1140. The summed E-state index contributed by atoms with van der Waals surface area (Å²) in [6.07, 6.45) is 1.31. The zero-order valence-electron chi connectivity index (χ0n) is 16.4. The Morgan fingerprint density at radius 3 is 2.47 bits per heavy atom. The van der Waals surface area contributed by atoms with Crippen molar-refractivity contribution in [1.29, 1.82) is 0 Å². The average Bonchev–Trinajstić information content (AvgIpc) is 3.11. The minimum atomic E-state index is -0.156. The van der Waals surface area contributed by atoms with Crippen LogP contribution in [-0.4, -0.2) is 12.9 Å². The summed E-state index contributed by atoms with van der Waals surface area (Å²) >= 11 is 5.23. The summed E-state index contributed by atoms with van der Waals surface area (Å²) in [6.45, 7) is 0. The second kappa shape index (κ2) is 7.93. The molecule has 4 nitrogen and oxygen atoms in total. The number of nitrogens with one attached hydrogen (secondary N) is 2. The number of rotatable bonds is 3. The molecule has 0 fully saturated rings. The Morgan fingerprint density at radius 2 is 1.77 bits per heavy atom. The fourth-order valence-electron chi connectivity index (χ4n) is 4.30. The molecule has 0 unspecified atom stereocenters. The number of ether oxygens (including phenoxy) is 1. The van der Waals surface area contributed by atoms with Gasteiger partial charge in [-0.05, 0) is 70.2 Å². The standard InChI is InChI=1S/C24H21BrN2O2S/c1-29-16-8-6-14(7-9-16)15-12-19-23(20(28)13-15)24(21-10-11-22(25)30-21)27-18-5-3-2-4-17(18)26-19/h2-11,15,24,26-27H,12-13H2,1H3/t15-,24+/m1/s1. The van der Waals surface area contributed by atoms with E-state index in [2.05, 4.69) is 56.9 Å². The van der Waals surface area contributed by atoms with Gasteiger partial charge in [0.1, 0.15) is 5.75 Å². The second-order valence-electron chi connectivity index (χ2n) is 7.58. The van der Waals surface area contributed by atoms with Gasteiger partial charge in [0.15, 0.2) is 5.78 Å². The molecule has 2 atom stereocenters. The number of methoxy groups -OCH3 is 1. The first-order valence-electron chi connectivity index (χ1n) is 9.90. The van der Waals surface area contributed by atoms with Crippen molar-refractivity contribution in [2.45, 2.75) is 24.8 Å². The molecule has 0 radical (unpaired) electrons. The molecule has 2 aliphatic rings. The highest BCUT2D eigenvalue weighted by molar-refractivity contribution is 9.11. The number of benzene rings is 2. The maximum absolute atomic E-state index is 13.5. The third-order valence-corrected chi connectivity index (χ3v) is 7.46. The smallest absolute Gasteiger partial charge is 0.163 e. The van der Waals surface area contributed by atoms with E-state index in [4.69, 9.17) is 4.74 Å². The number of ketones is 1. The summed E-state index contributed by atoms with van der Waals surface area (Å²) in [5, 5.41) is 7.21. The van der Waals surface area contributed by atoms with Gasteiger partial charge in [0, 0.05) is 22.6 Å². The molecule has 1 aliphatic heterocycles. The molecule has 0 bridgehead atoms. The van der Waals surface area contributed by atoms with Crippen molar-refractivity contribution in [3.05, 3.63) is 86.2 Å². The molecule has 6 heteroatoms. The van der Waals surface area contributed by atoms with Crippen LogP contribution in [0.4, 0.5) is 11.4 Å². The summed E-state index contributed by atoms with van der Waals surface area (Å²) in [5.41, 5.74) is 5.05. The van der Waals surface area contributed by atoms with Gasteiger partial charge in [0.25, 0.3) is 0 Å². The first-order chi connectivity index (χ1) is 14.6. The van der Waals surface area contributed by atoms with Crippen LogP contribution in [0.5, 0.6) is 5.75 Å². The van der Waals surface area contributed by atoms with Crippen molar-refractivity contribution >= 4 is 44.4 Å². The minimum Gasteiger partial charge on any atom is -0.497 e. The number of halogens is 1. The van der Waals surface area contributed by atoms with E-state index < -0.39 is 0 Å². The Morgan fingerprint density at radius 1 is 1.00 bits per heavy atom. The van der Waals surface area contributed by atoms with E-state index in [0.29, 0.717) is 6.42 Å². The molecule has 0 saturated carbocycles. The Labute approximate surface area is 188 Å². The van der Waals surface area contributed by atoms with E-state index in [-0.39, 0.29) is 17.7 Å². The number of hydrogen-bond acceptors (Lipinski definition) is 5. The Kier molecular flexibility index (Phi) is 5.13. The fraction of sp³-hybridized carbons (Fsp3) is 0.208. The maximum atomic E-state index is 13.5. The van der Waals surface area contributed by atoms with Gasteiger partial charge in [0.2, 0.25) is 0 Å². The molecule has 152 valence electrons. The van der Waals surface area contributed by atoms with Crippen molar-refractivity contribution in [2.24, 2.45) is 0 Å². The van der Waals surface area contributed by atoms with Gasteiger partial charge < -0.3 is 15.4 Å². The number of para-hydroxylation sites is 2. The van der Waals surface area contributed by atoms with Gasteiger partial charge in [0.05, 0.1) is 28.3 Å². The number of Topliss-reactive ketones (excluding diaryl/α,β-unsaturated/α-hetero) is 1. The molecule has 5 rings (SSSR count). The van der Waals surface area contributed by atoms with Gasteiger partial charge in [-0.25, -0.2) is 0 Å². The lowest BCUT2D eigenvalue weighted by atomic mass is 9.79. The Hall–Kier alpha value is -2.57. The second-order valence-corrected chi connectivity index (χ2v) is 10.1. The molecule has 0 saturated heterocycles. The molecule has 1 aromatic heterocycles. The quantitative estimate of drug-likeness (QED) is 0.449. The first kappa shape index (κ1) is 19.4. The predicted molar refractivity (Wildman–Crippen MR) is 125 cm³/mol. The zero-order valence-corrected chi connectivity index (χ0v) is 18.8. The minimum absolute atomic E-state index is 0.149. The Balaban J connectivity index is 1.57. The first-order valence-corrected chi connectivity index (χ1v) is 11.5. The lowest BCUT2D eigenvalue weighted by Gasteiger charge is -2.29. The van der Waals surface area contributed by atoms with Crippen molar-refractivity contribution in [2.75, 3.05) is 17.7 Å². The third kappa shape index (κ3) is 3.55. The number of hydrogen-bond donors (Lipinski definition) is 2. The van der Waals surface area contributed by atoms with Crippen molar-refractivity contribution < 1.29 is 9.53 Å². The van der Waals surface area contributed by atoms with E-state index >= 15 is 0 Å². The number of thiophene rings is 1. The van der Waals surface area contributed by atoms with E-state index in [1.165, 1.54) is 5.56 Å². The lowest BCUT2D eigenvalue weighted by molar-refractivity contribution is -0.116. The number of allylic oxidation sites excluding steroid dienone is 1. The average molecular weight is 481 g/mol. The number of carbonyl (C=O) groups is 1. The van der Waals surface area contributed by atoms with Crippen LogP contribution < -0.4 is 15.4 Å². The highest BCUT2D eigenvalue weighted by Gasteiger charge is 2.36. The molecular weight excluding hydrogens is 460 g/mol. The predicted octanol–water partition coefficient (Wildman–Crippen LogP) is 6.50. The normalized spacial score (nSPS) is 20.5. The van der Waals surface area contributed by atoms with Crippen LogP contribution in [0.3, 0.4) is 0 Å². The fourth-order valence-corrected chi connectivity index (χ4v) is 5.79. The largest absolute Gasteiger partial charge is 0.497 e. The molecule has 0 spiro atoms. The van der Waals surface area contributed by atoms with E-state index in [9.17, 15) is 4.79 Å². The van der Waals surface area contributed by atoms with Crippen LogP contribution in [0.15, 0.2) is 75.7 Å². The number of anilines is 2. The molecule has 2 heterocycles. The SMILES string of the molecule is COc1ccc([C@H]2CC(=O)C3=C(C2)Nc2ccccc2N[C@H]3c2ccc(Br)s2)cc1. The summed E-state index contributed by atoms with van der Waals surface area (Å²) < 4.78 is 6.35. The van der Waals surface area contributed by atoms with Gasteiger partial charge in [-0.15, -0.1) is 11.3 Å². The van der Waals surface area contributed by atoms with Crippen LogP contribution in [-0.2, 0) is 4.79 Å². The van der Waals surface area contributed by atoms with E-state index in [1.807, 2.05) is 30.3 Å². The topological polar surface area (TPSA) is 50.4 Å². The van der Waals surface area contributed by atoms with Crippen molar-refractivity contribution in [3.63, 3.8) is 0 Å². The van der Waals surface area contributed by atoms with Gasteiger partial charge >= 0.3 is 0 Å². The van der Waals surface area contributed by atoms with Crippen LogP contribution in [0, 0.1) is 0 Å². The van der Waals surface area contributed by atoms with Crippen LogP contribution in [0.2, 0.25) is 0 Å². The van der Waals surface area contributed by atoms with E-state index in [1.54, 1.807) is 18.4 Å². The third-order valence-electron chi connectivity index (χ3n) is 5.77. The maximum Gasteiger partial charge on any atom is 0.163 e. The van der Waals surface area contributed by atoms with Crippen molar-refractivity contribution in [1.82, 2.24) is 0 Å². The highest BCUT2D eigenvalue weighted by atomic mass is 79.9. The van der Waals surface area contributed by atoms with Crippen LogP contribution >= 0.6 is 27.3 Å². The van der Waals surface area contributed by atoms with Gasteiger partial charge in [-0.1, -0.05) is 24.3 Å². The number of carbonyl (C=O) groups excluding carboxylic acids is 1. The summed E-state index contributed by atoms with van der Waals surface area (Å²) in [4.78, 5) is 14.6. The molecule has 2 aromatic carbocycles.